The topological polar surface area (TPSA) is 28.2 Å². The minimum Gasteiger partial charge on any atom is -0.315 e. The van der Waals surface area contributed by atoms with Gasteiger partial charge in [0.2, 0.25) is 0 Å². The molecule has 2 aliphatic rings. The molecule has 2 fully saturated rings. The molecule has 0 radical (unpaired) electrons. The second kappa shape index (κ2) is 5.03. The lowest BCUT2D eigenvalue weighted by Gasteiger charge is -2.27. The van der Waals surface area contributed by atoms with Crippen molar-refractivity contribution < 1.29 is 13.2 Å². The van der Waals surface area contributed by atoms with Crippen LogP contribution in [0.3, 0.4) is 0 Å². The molecule has 0 amide bonds. The Bertz CT molecular complexity index is 436. The van der Waals surface area contributed by atoms with Crippen molar-refractivity contribution in [1.29, 1.82) is 0 Å². The van der Waals surface area contributed by atoms with E-state index in [-0.39, 0.29) is 0 Å². The molecule has 0 aromatic carbocycles. The van der Waals surface area contributed by atoms with Gasteiger partial charge in [-0.15, -0.1) is 11.3 Å². The van der Waals surface area contributed by atoms with E-state index in [0.29, 0.717) is 23.6 Å². The molecule has 1 saturated carbocycles. The first-order valence-corrected chi connectivity index (χ1v) is 7.34. The van der Waals surface area contributed by atoms with Crippen LogP contribution in [0.25, 0.3) is 0 Å². The van der Waals surface area contributed by atoms with Crippen LogP contribution in [0.15, 0.2) is 6.20 Å². The van der Waals surface area contributed by atoms with E-state index in [1.165, 1.54) is 0 Å². The fraction of sp³-hybridized carbons (Fsp3) is 0.750. The summed E-state index contributed by atoms with van der Waals surface area (Å²) in [6.07, 6.45) is 0.0865. The molecule has 1 aliphatic carbocycles. The Kier molecular flexibility index (Phi) is 3.53. The molecule has 19 heavy (non-hydrogen) atoms. The van der Waals surface area contributed by atoms with Crippen LogP contribution in [0.1, 0.15) is 29.1 Å². The van der Waals surface area contributed by atoms with Gasteiger partial charge in [-0.1, -0.05) is 0 Å². The normalized spacial score (nSPS) is 24.3. The summed E-state index contributed by atoms with van der Waals surface area (Å²) in [5.41, 5.74) is 0. The van der Waals surface area contributed by atoms with Gasteiger partial charge in [0.25, 0.3) is 0 Å². The maximum atomic E-state index is 12.6. The summed E-state index contributed by atoms with van der Waals surface area (Å²) in [7, 11) is 0. The van der Waals surface area contributed by atoms with Crippen molar-refractivity contribution in [3.63, 3.8) is 0 Å². The Morgan fingerprint density at radius 1 is 1.32 bits per heavy atom. The number of hydrogen-bond acceptors (Lipinski definition) is 4. The number of rotatable bonds is 4. The molecule has 1 saturated heterocycles. The Morgan fingerprint density at radius 3 is 2.63 bits per heavy atom. The minimum absolute atomic E-state index is 0.450. The summed E-state index contributed by atoms with van der Waals surface area (Å²) in [6.45, 7) is 2.49. The van der Waals surface area contributed by atoms with E-state index in [1.807, 2.05) is 0 Å². The molecule has 7 heteroatoms. The molecule has 0 spiro atoms. The van der Waals surface area contributed by atoms with E-state index in [4.69, 9.17) is 0 Å². The van der Waals surface area contributed by atoms with Crippen molar-refractivity contribution in [2.75, 3.05) is 13.1 Å². The fourth-order valence-corrected chi connectivity index (χ4v) is 3.35. The number of nitrogens with zero attached hydrogens (tertiary/aromatic N) is 2. The fourth-order valence-electron chi connectivity index (χ4n) is 2.56. The lowest BCUT2D eigenvalue weighted by molar-refractivity contribution is -0.134. The van der Waals surface area contributed by atoms with Crippen LogP contribution >= 0.6 is 11.3 Å². The van der Waals surface area contributed by atoms with Gasteiger partial charge in [0.1, 0.15) is 9.88 Å². The third-order valence-corrected chi connectivity index (χ3v) is 4.70. The summed E-state index contributed by atoms with van der Waals surface area (Å²) in [4.78, 5) is 5.68. The van der Waals surface area contributed by atoms with Crippen LogP contribution < -0.4 is 5.32 Å². The van der Waals surface area contributed by atoms with Crippen LogP contribution in [-0.2, 0) is 12.7 Å². The zero-order chi connectivity index (χ0) is 13.5. The van der Waals surface area contributed by atoms with Gasteiger partial charge in [-0.3, -0.25) is 4.90 Å². The largest absolute Gasteiger partial charge is 0.427 e. The van der Waals surface area contributed by atoms with Crippen LogP contribution in [0.5, 0.6) is 0 Å². The van der Waals surface area contributed by atoms with Crippen molar-refractivity contribution in [3.8, 4) is 0 Å². The first-order chi connectivity index (χ1) is 9.04. The Labute approximate surface area is 113 Å². The third-order valence-electron chi connectivity index (χ3n) is 3.67. The average molecular weight is 291 g/mol. The quantitative estimate of drug-likeness (QED) is 0.924. The molecule has 106 valence electrons. The van der Waals surface area contributed by atoms with Crippen LogP contribution in [-0.4, -0.2) is 35.1 Å². The summed E-state index contributed by atoms with van der Waals surface area (Å²) in [5, 5.41) is 3.89. The van der Waals surface area contributed by atoms with E-state index in [0.717, 1.165) is 49.9 Å². The zero-order valence-electron chi connectivity index (χ0n) is 10.4. The first-order valence-electron chi connectivity index (χ1n) is 6.52. The van der Waals surface area contributed by atoms with Gasteiger partial charge >= 0.3 is 6.18 Å². The predicted octanol–water partition coefficient (Wildman–Crippen LogP) is 2.49. The number of aromatic nitrogens is 1. The maximum Gasteiger partial charge on any atom is 0.427 e. The van der Waals surface area contributed by atoms with Crippen molar-refractivity contribution >= 4 is 11.3 Å². The predicted molar refractivity (Wildman–Crippen MR) is 67.0 cm³/mol. The first kappa shape index (κ1) is 13.3. The van der Waals surface area contributed by atoms with E-state index in [1.54, 1.807) is 0 Å². The molecule has 1 aromatic rings. The lowest BCUT2D eigenvalue weighted by Crippen LogP contribution is -2.38. The van der Waals surface area contributed by atoms with E-state index < -0.39 is 11.1 Å². The molecule has 1 aliphatic heterocycles. The molecular weight excluding hydrogens is 275 g/mol. The van der Waals surface area contributed by atoms with Crippen LogP contribution in [0.2, 0.25) is 0 Å². The van der Waals surface area contributed by atoms with Crippen molar-refractivity contribution in [2.45, 2.75) is 44.1 Å². The number of alkyl halides is 3. The summed E-state index contributed by atoms with van der Waals surface area (Å²) >= 11 is 0.774. The van der Waals surface area contributed by atoms with Gasteiger partial charge in [0, 0.05) is 18.6 Å². The zero-order valence-corrected chi connectivity index (χ0v) is 11.2. The number of halogens is 3. The molecule has 3 rings (SSSR count). The van der Waals surface area contributed by atoms with Crippen LogP contribution in [0.4, 0.5) is 13.2 Å². The highest BCUT2D eigenvalue weighted by molar-refractivity contribution is 7.11. The van der Waals surface area contributed by atoms with E-state index >= 15 is 0 Å². The summed E-state index contributed by atoms with van der Waals surface area (Å²) in [6, 6.07) is 0.994. The Balaban J connectivity index is 1.69. The van der Waals surface area contributed by atoms with Crippen LogP contribution in [0, 0.1) is 0 Å². The standard InChI is InChI=1S/C12H16F3N3S/c13-12(14,15)10-6-17-11(19-10)7-18(8-1-2-8)9-3-4-16-5-9/h6,8-9,16H,1-5,7H2. The number of thiazole rings is 1. The van der Waals surface area contributed by atoms with Crippen molar-refractivity contribution in [3.05, 3.63) is 16.1 Å². The molecule has 1 N–H and O–H groups in total. The van der Waals surface area contributed by atoms with Crippen molar-refractivity contribution in [2.24, 2.45) is 0 Å². The Morgan fingerprint density at radius 2 is 2.11 bits per heavy atom. The molecule has 1 aromatic heterocycles. The van der Waals surface area contributed by atoms with Gasteiger partial charge < -0.3 is 5.32 Å². The smallest absolute Gasteiger partial charge is 0.315 e. The molecule has 0 bridgehead atoms. The van der Waals surface area contributed by atoms with Gasteiger partial charge in [-0.05, 0) is 25.8 Å². The third kappa shape index (κ3) is 3.09. The number of hydrogen-bond donors (Lipinski definition) is 1. The monoisotopic (exact) mass is 291 g/mol. The SMILES string of the molecule is FC(F)(F)c1cnc(CN(C2CC2)C2CCNC2)s1. The second-order valence-corrected chi connectivity index (χ2v) is 6.28. The maximum absolute atomic E-state index is 12.6. The highest BCUT2D eigenvalue weighted by atomic mass is 32.1. The van der Waals surface area contributed by atoms with Gasteiger partial charge in [-0.2, -0.15) is 13.2 Å². The highest BCUT2D eigenvalue weighted by Crippen LogP contribution is 2.36. The average Bonchev–Trinajstić information content (AvgIpc) is 2.87. The molecule has 2 heterocycles. The van der Waals surface area contributed by atoms with Gasteiger partial charge in [0.15, 0.2) is 0 Å². The molecule has 3 nitrogen and oxygen atoms in total. The van der Waals surface area contributed by atoms with E-state index in [9.17, 15) is 13.2 Å². The molecule has 1 unspecified atom stereocenters. The van der Waals surface area contributed by atoms with Crippen molar-refractivity contribution in [1.82, 2.24) is 15.2 Å². The van der Waals surface area contributed by atoms with Gasteiger partial charge in [-0.25, -0.2) is 4.98 Å². The van der Waals surface area contributed by atoms with Gasteiger partial charge in [0.05, 0.1) is 12.7 Å². The molecular formula is C12H16F3N3S. The highest BCUT2D eigenvalue weighted by Gasteiger charge is 2.37. The minimum atomic E-state index is -4.27. The summed E-state index contributed by atoms with van der Waals surface area (Å²) in [5.74, 6) is 0. The second-order valence-electron chi connectivity index (χ2n) is 5.17. The molecule has 1 atom stereocenters. The Hall–Kier alpha value is -0.660. The lowest BCUT2D eigenvalue weighted by atomic mass is 10.2. The number of nitrogens with one attached hydrogen (secondary N) is 1. The van der Waals surface area contributed by atoms with E-state index in [2.05, 4.69) is 15.2 Å². The summed E-state index contributed by atoms with van der Waals surface area (Å²) < 4.78 is 37.7.